The molecule has 1 aliphatic rings. The predicted molar refractivity (Wildman–Crippen MR) is 116 cm³/mol. The summed E-state index contributed by atoms with van der Waals surface area (Å²) in [6, 6.07) is 8.69. The van der Waals surface area contributed by atoms with E-state index in [1.54, 1.807) is 19.2 Å². The van der Waals surface area contributed by atoms with E-state index in [1.807, 2.05) is 6.07 Å². The number of rotatable bonds is 8. The first kappa shape index (κ1) is 23.8. The van der Waals surface area contributed by atoms with Crippen molar-refractivity contribution >= 4 is 15.9 Å². The molecule has 174 valence electrons. The van der Waals surface area contributed by atoms with Crippen LogP contribution >= 0.6 is 0 Å². The number of nitrogens with zero attached hydrogens (tertiary/aromatic N) is 1. The van der Waals surface area contributed by atoms with E-state index in [4.69, 9.17) is 14.2 Å². The zero-order valence-corrected chi connectivity index (χ0v) is 19.1. The molecule has 0 aliphatic carbocycles. The van der Waals surface area contributed by atoms with Gasteiger partial charge in [0.05, 0.1) is 27.2 Å². The summed E-state index contributed by atoms with van der Waals surface area (Å²) in [6.45, 7) is 0.529. The topological polar surface area (TPSA) is 94.2 Å². The lowest BCUT2D eigenvalue weighted by atomic mass is 9.98. The molecular weight excluding hydrogens is 439 g/mol. The van der Waals surface area contributed by atoms with Crippen LogP contribution in [0.5, 0.6) is 17.2 Å². The maximum absolute atomic E-state index is 13.7. The van der Waals surface area contributed by atoms with Gasteiger partial charge in [0.1, 0.15) is 16.5 Å². The molecule has 1 fully saturated rings. The van der Waals surface area contributed by atoms with Crippen molar-refractivity contribution in [1.29, 1.82) is 0 Å². The lowest BCUT2D eigenvalue weighted by Crippen LogP contribution is -2.45. The molecule has 1 atom stereocenters. The molecule has 0 spiro atoms. The van der Waals surface area contributed by atoms with E-state index in [0.717, 1.165) is 17.7 Å². The average Bonchev–Trinajstić information content (AvgIpc) is 2.82. The second kappa shape index (κ2) is 10.2. The van der Waals surface area contributed by atoms with Crippen molar-refractivity contribution in [1.82, 2.24) is 9.62 Å². The Kier molecular flexibility index (Phi) is 7.57. The van der Waals surface area contributed by atoms with Crippen molar-refractivity contribution in [3.05, 3.63) is 47.8 Å². The first-order valence-corrected chi connectivity index (χ1v) is 11.6. The molecule has 0 saturated carbocycles. The molecule has 1 heterocycles. The summed E-state index contributed by atoms with van der Waals surface area (Å²) in [5, 5.41) is 2.86. The quantitative estimate of drug-likeness (QED) is 0.643. The zero-order valence-electron chi connectivity index (χ0n) is 18.3. The lowest BCUT2D eigenvalue weighted by molar-refractivity contribution is -0.126. The number of nitrogens with one attached hydrogen (secondary N) is 1. The summed E-state index contributed by atoms with van der Waals surface area (Å²) < 4.78 is 56.8. The van der Waals surface area contributed by atoms with E-state index in [9.17, 15) is 17.6 Å². The molecular formula is C22H27FN2O6S. The molecule has 8 nitrogen and oxygen atoms in total. The molecule has 3 rings (SSSR count). The highest BCUT2D eigenvalue weighted by Crippen LogP contribution is 2.31. The molecule has 1 saturated heterocycles. The minimum atomic E-state index is -4.02. The first-order chi connectivity index (χ1) is 15.3. The molecule has 0 bridgehead atoms. The number of hydrogen-bond donors (Lipinski definition) is 1. The molecule has 1 unspecified atom stereocenters. The van der Waals surface area contributed by atoms with Crippen molar-refractivity contribution < 1.29 is 31.8 Å². The highest BCUT2D eigenvalue weighted by Gasteiger charge is 2.35. The highest BCUT2D eigenvalue weighted by molar-refractivity contribution is 7.89. The Morgan fingerprint density at radius 2 is 1.75 bits per heavy atom. The zero-order chi connectivity index (χ0) is 23.3. The summed E-state index contributed by atoms with van der Waals surface area (Å²) in [6.07, 6.45) is 1.08. The molecule has 2 aromatic rings. The van der Waals surface area contributed by atoms with Crippen molar-refractivity contribution in [3.8, 4) is 17.2 Å². The van der Waals surface area contributed by atoms with E-state index < -0.39 is 21.8 Å². The molecule has 0 aromatic heterocycles. The van der Waals surface area contributed by atoms with Gasteiger partial charge in [-0.15, -0.1) is 0 Å². The summed E-state index contributed by atoms with van der Waals surface area (Å²) in [4.78, 5) is 12.5. The Morgan fingerprint density at radius 1 is 1.06 bits per heavy atom. The number of carbonyl (C=O) groups is 1. The Labute approximate surface area is 187 Å². The van der Waals surface area contributed by atoms with Gasteiger partial charge in [-0.25, -0.2) is 12.8 Å². The van der Waals surface area contributed by atoms with Gasteiger partial charge >= 0.3 is 0 Å². The average molecular weight is 467 g/mol. The maximum atomic E-state index is 13.7. The summed E-state index contributed by atoms with van der Waals surface area (Å²) >= 11 is 0. The van der Waals surface area contributed by atoms with Crippen molar-refractivity contribution in [3.63, 3.8) is 0 Å². The van der Waals surface area contributed by atoms with Gasteiger partial charge in [0, 0.05) is 19.6 Å². The van der Waals surface area contributed by atoms with Crippen molar-refractivity contribution in [2.75, 3.05) is 34.4 Å². The Morgan fingerprint density at radius 3 is 2.44 bits per heavy atom. The first-order valence-electron chi connectivity index (χ1n) is 10.1. The van der Waals surface area contributed by atoms with E-state index in [2.05, 4.69) is 5.32 Å². The van der Waals surface area contributed by atoms with E-state index in [1.165, 1.54) is 24.6 Å². The number of halogens is 1. The van der Waals surface area contributed by atoms with Crippen molar-refractivity contribution in [2.24, 2.45) is 5.92 Å². The molecule has 1 N–H and O–H groups in total. The van der Waals surface area contributed by atoms with Crippen LogP contribution in [-0.4, -0.2) is 53.0 Å². The molecule has 0 radical (unpaired) electrons. The minimum absolute atomic E-state index is 0.0137. The summed E-state index contributed by atoms with van der Waals surface area (Å²) in [7, 11) is 0.382. The highest BCUT2D eigenvalue weighted by atomic mass is 32.2. The SMILES string of the molecule is COc1ccc(CNC(=O)C2CCCN(S(=O)(=O)c3cc(F)ccc3OC)C2)cc1OC. The van der Waals surface area contributed by atoms with E-state index in [0.29, 0.717) is 24.3 Å². The van der Waals surface area contributed by atoms with Crippen LogP contribution in [-0.2, 0) is 21.4 Å². The van der Waals surface area contributed by atoms with Gasteiger partial charge in [0.2, 0.25) is 15.9 Å². The largest absolute Gasteiger partial charge is 0.495 e. The monoisotopic (exact) mass is 466 g/mol. The Balaban J connectivity index is 1.69. The van der Waals surface area contributed by atoms with Gasteiger partial charge < -0.3 is 19.5 Å². The van der Waals surface area contributed by atoms with Crippen LogP contribution in [0.1, 0.15) is 18.4 Å². The number of ether oxygens (including phenoxy) is 3. The van der Waals surface area contributed by atoms with Crippen molar-refractivity contribution in [2.45, 2.75) is 24.3 Å². The third kappa shape index (κ3) is 5.13. The predicted octanol–water partition coefficient (Wildman–Crippen LogP) is 2.57. The number of methoxy groups -OCH3 is 3. The van der Waals surface area contributed by atoms with Gasteiger partial charge in [-0.05, 0) is 48.7 Å². The molecule has 1 aliphatic heterocycles. The number of amides is 1. The number of piperidine rings is 1. The number of carbonyl (C=O) groups excluding carboxylic acids is 1. The normalized spacial score (nSPS) is 16.9. The lowest BCUT2D eigenvalue weighted by Gasteiger charge is -2.31. The smallest absolute Gasteiger partial charge is 0.246 e. The second-order valence-electron chi connectivity index (χ2n) is 7.40. The van der Waals surface area contributed by atoms with E-state index >= 15 is 0 Å². The van der Waals surface area contributed by atoms with Crippen LogP contribution in [0.15, 0.2) is 41.3 Å². The van der Waals surface area contributed by atoms with Crippen LogP contribution in [0.25, 0.3) is 0 Å². The summed E-state index contributed by atoms with van der Waals surface area (Å²) in [5.74, 6) is -0.233. The van der Waals surface area contributed by atoms with Gasteiger partial charge in [-0.1, -0.05) is 6.07 Å². The third-order valence-electron chi connectivity index (χ3n) is 5.41. The maximum Gasteiger partial charge on any atom is 0.246 e. The standard InChI is InChI=1S/C22H27FN2O6S/c1-29-18-8-6-15(11-20(18)31-3)13-24-22(26)16-5-4-10-25(14-16)32(27,28)21-12-17(23)7-9-19(21)30-2/h6-9,11-12,16H,4-5,10,13-14H2,1-3H3,(H,24,26). The fourth-order valence-corrected chi connectivity index (χ4v) is 5.38. The van der Waals surface area contributed by atoms with Crippen LogP contribution in [0.2, 0.25) is 0 Å². The number of benzene rings is 2. The van der Waals surface area contributed by atoms with Crippen LogP contribution in [0.4, 0.5) is 4.39 Å². The fraction of sp³-hybridized carbons (Fsp3) is 0.409. The molecule has 1 amide bonds. The number of hydrogen-bond acceptors (Lipinski definition) is 6. The minimum Gasteiger partial charge on any atom is -0.495 e. The van der Waals surface area contributed by atoms with Gasteiger partial charge in [-0.2, -0.15) is 4.31 Å². The molecule has 2 aromatic carbocycles. The summed E-state index contributed by atoms with van der Waals surface area (Å²) in [5.41, 5.74) is 0.820. The van der Waals surface area contributed by atoms with Gasteiger partial charge in [0.25, 0.3) is 0 Å². The van der Waals surface area contributed by atoms with Gasteiger partial charge in [-0.3, -0.25) is 4.79 Å². The molecule has 32 heavy (non-hydrogen) atoms. The van der Waals surface area contributed by atoms with Crippen LogP contribution in [0.3, 0.4) is 0 Å². The Bertz CT molecular complexity index is 1080. The second-order valence-corrected chi connectivity index (χ2v) is 9.31. The van der Waals surface area contributed by atoms with E-state index in [-0.39, 0.29) is 36.2 Å². The Hall–Kier alpha value is -2.85. The van der Waals surface area contributed by atoms with Crippen LogP contribution in [0, 0.1) is 11.7 Å². The van der Waals surface area contributed by atoms with Gasteiger partial charge in [0.15, 0.2) is 11.5 Å². The van der Waals surface area contributed by atoms with Crippen LogP contribution < -0.4 is 19.5 Å². The fourth-order valence-electron chi connectivity index (χ4n) is 3.69. The number of sulfonamides is 1. The third-order valence-corrected chi connectivity index (χ3v) is 7.30. The molecule has 10 heteroatoms.